The molecule has 12 heavy (non-hydrogen) atoms. The lowest BCUT2D eigenvalue weighted by atomic mass is 10.3. The molecule has 0 fully saturated rings. The molecule has 5 nitrogen and oxygen atoms in total. The van der Waals surface area contributed by atoms with Gasteiger partial charge in [0, 0.05) is 12.1 Å². The van der Waals surface area contributed by atoms with Crippen LogP contribution in [0.5, 0.6) is 11.5 Å². The van der Waals surface area contributed by atoms with Crippen molar-refractivity contribution in [2.45, 2.75) is 0 Å². The molecule has 0 bridgehead atoms. The van der Waals surface area contributed by atoms with E-state index in [1.54, 1.807) is 18.2 Å². The van der Waals surface area contributed by atoms with Gasteiger partial charge in [0.2, 0.25) is 6.79 Å². The second-order valence-electron chi connectivity index (χ2n) is 2.43. The van der Waals surface area contributed by atoms with Crippen molar-refractivity contribution in [3.8, 4) is 11.5 Å². The van der Waals surface area contributed by atoms with E-state index in [-0.39, 0.29) is 6.79 Å². The largest absolute Gasteiger partial charge is 0.608 e. The number of quaternary nitrogens is 1. The van der Waals surface area contributed by atoms with Gasteiger partial charge in [0.25, 0.3) is 0 Å². The van der Waals surface area contributed by atoms with Gasteiger partial charge in [0.15, 0.2) is 17.2 Å². The highest BCUT2D eigenvalue weighted by molar-refractivity contribution is 5.49. The van der Waals surface area contributed by atoms with Gasteiger partial charge in [0.05, 0.1) is 0 Å². The lowest BCUT2D eigenvalue weighted by Crippen LogP contribution is -3.08. The summed E-state index contributed by atoms with van der Waals surface area (Å²) in [5.74, 6) is 6.30. The first kappa shape index (κ1) is 7.35. The lowest BCUT2D eigenvalue weighted by molar-refractivity contribution is -0.789. The van der Waals surface area contributed by atoms with E-state index in [9.17, 15) is 5.21 Å². The van der Waals surface area contributed by atoms with Gasteiger partial charge in [-0.3, -0.25) is 5.17 Å². The molecule has 1 atom stereocenters. The molecule has 0 spiro atoms. The molecule has 1 aliphatic rings. The summed E-state index contributed by atoms with van der Waals surface area (Å²) in [5, 5.41) is 10.3. The highest BCUT2D eigenvalue weighted by atomic mass is 16.7. The number of hydrogen-bond donors (Lipinski definition) is 2. The number of rotatable bonds is 1. The molecule has 1 unspecified atom stereocenters. The van der Waals surface area contributed by atoms with Gasteiger partial charge < -0.3 is 14.7 Å². The van der Waals surface area contributed by atoms with Crippen LogP contribution in [0.2, 0.25) is 0 Å². The quantitative estimate of drug-likeness (QED) is 0.429. The first-order valence-corrected chi connectivity index (χ1v) is 3.47. The summed E-state index contributed by atoms with van der Waals surface area (Å²) in [7, 11) is 0. The van der Waals surface area contributed by atoms with Crippen molar-refractivity contribution in [3.05, 3.63) is 23.4 Å². The number of nitrogen functional groups attached to an aromatic ring is 1. The molecule has 64 valence electrons. The Morgan fingerprint density at radius 2 is 2.08 bits per heavy atom. The normalized spacial score (nSPS) is 16.2. The Labute approximate surface area is 68.8 Å². The molecule has 5 heteroatoms. The van der Waals surface area contributed by atoms with Gasteiger partial charge in [-0.05, 0) is 6.07 Å². The van der Waals surface area contributed by atoms with Crippen LogP contribution < -0.4 is 20.5 Å². The second-order valence-corrected chi connectivity index (χ2v) is 2.43. The molecule has 0 saturated heterocycles. The third kappa shape index (κ3) is 1.10. The second kappa shape index (κ2) is 2.63. The van der Waals surface area contributed by atoms with Crippen LogP contribution in [-0.2, 0) is 0 Å². The Hall–Kier alpha value is -1.30. The van der Waals surface area contributed by atoms with Gasteiger partial charge in [-0.2, -0.15) is 5.84 Å². The maximum Gasteiger partial charge on any atom is 0.231 e. The fourth-order valence-corrected chi connectivity index (χ4v) is 1.05. The number of fused-ring (bicyclic) bond motifs is 1. The van der Waals surface area contributed by atoms with Gasteiger partial charge in [-0.1, -0.05) is 0 Å². The number of benzene rings is 1. The van der Waals surface area contributed by atoms with Gasteiger partial charge in [-0.15, -0.1) is 0 Å². The fourth-order valence-electron chi connectivity index (χ4n) is 1.05. The maximum atomic E-state index is 10.7. The Balaban J connectivity index is 2.39. The van der Waals surface area contributed by atoms with Crippen molar-refractivity contribution in [1.29, 1.82) is 0 Å². The van der Waals surface area contributed by atoms with Crippen LogP contribution >= 0.6 is 0 Å². The number of nitrogens with one attached hydrogen (secondary N) is 1. The molecule has 1 aliphatic heterocycles. The van der Waals surface area contributed by atoms with Crippen LogP contribution in [-0.4, -0.2) is 6.79 Å². The van der Waals surface area contributed by atoms with E-state index in [2.05, 4.69) is 0 Å². The molecule has 0 amide bonds. The Kier molecular flexibility index (Phi) is 1.61. The van der Waals surface area contributed by atoms with E-state index in [4.69, 9.17) is 15.3 Å². The number of nitrogens with two attached hydrogens (primary N) is 1. The molecule has 1 aromatic carbocycles. The number of hydrogen-bond acceptors (Lipinski definition) is 4. The van der Waals surface area contributed by atoms with E-state index < -0.39 is 5.17 Å². The molecular weight excluding hydrogens is 160 g/mol. The van der Waals surface area contributed by atoms with Crippen molar-refractivity contribution in [3.63, 3.8) is 0 Å². The van der Waals surface area contributed by atoms with Crippen molar-refractivity contribution in [1.82, 2.24) is 0 Å². The van der Waals surface area contributed by atoms with Crippen LogP contribution in [0.15, 0.2) is 18.2 Å². The van der Waals surface area contributed by atoms with E-state index in [0.29, 0.717) is 17.2 Å². The minimum absolute atomic E-state index is 0.206. The zero-order valence-corrected chi connectivity index (χ0v) is 6.24. The zero-order valence-electron chi connectivity index (χ0n) is 6.24. The molecule has 0 saturated carbocycles. The molecular formula is C7H8N2O3. The van der Waals surface area contributed by atoms with Crippen LogP contribution in [0.3, 0.4) is 0 Å². The standard InChI is InChI=1S/C7H8N2O3/c8-9(10)5-1-2-6-7(3-5)12-4-11-6/h1-3,9H,4,8H2. The predicted molar refractivity (Wildman–Crippen MR) is 40.7 cm³/mol. The maximum absolute atomic E-state index is 10.7. The summed E-state index contributed by atoms with van der Waals surface area (Å²) >= 11 is 0. The molecule has 3 N–H and O–H groups in total. The van der Waals surface area contributed by atoms with Gasteiger partial charge in [-0.25, -0.2) is 0 Å². The molecule has 0 aliphatic carbocycles. The molecule has 0 radical (unpaired) electrons. The first-order chi connectivity index (χ1) is 5.77. The lowest BCUT2D eigenvalue weighted by Gasteiger charge is -2.13. The molecule has 1 aromatic rings. The van der Waals surface area contributed by atoms with Crippen LogP contribution in [0.1, 0.15) is 0 Å². The van der Waals surface area contributed by atoms with Crippen LogP contribution in [0, 0.1) is 5.21 Å². The summed E-state index contributed by atoms with van der Waals surface area (Å²) in [6.45, 7) is 0.206. The minimum Gasteiger partial charge on any atom is -0.608 e. The van der Waals surface area contributed by atoms with Crippen molar-refractivity contribution in [2.75, 3.05) is 6.79 Å². The Morgan fingerprint density at radius 3 is 2.83 bits per heavy atom. The number of ether oxygens (including phenoxy) is 2. The fraction of sp³-hybridized carbons (Fsp3) is 0.143. The van der Waals surface area contributed by atoms with Gasteiger partial charge in [0.1, 0.15) is 0 Å². The zero-order chi connectivity index (χ0) is 8.55. The summed E-state index contributed by atoms with van der Waals surface area (Å²) in [4.78, 5) is 0. The smallest absolute Gasteiger partial charge is 0.231 e. The highest BCUT2D eigenvalue weighted by Crippen LogP contribution is 2.32. The Morgan fingerprint density at radius 1 is 1.33 bits per heavy atom. The topological polar surface area (TPSA) is 72.0 Å². The van der Waals surface area contributed by atoms with Crippen LogP contribution in [0.25, 0.3) is 0 Å². The SMILES string of the molecule is N[NH+]([O-])c1ccc2c(c1)OCO2. The summed E-state index contributed by atoms with van der Waals surface area (Å²) < 4.78 is 10.1. The minimum atomic E-state index is -0.465. The third-order valence-electron chi connectivity index (χ3n) is 1.66. The average molecular weight is 168 g/mol. The molecule has 1 heterocycles. The van der Waals surface area contributed by atoms with Gasteiger partial charge >= 0.3 is 0 Å². The average Bonchev–Trinajstić information content (AvgIpc) is 2.49. The Bertz CT molecular complexity index is 301. The summed E-state index contributed by atoms with van der Waals surface area (Å²) in [6.07, 6.45) is 0. The predicted octanol–water partition coefficient (Wildman–Crippen LogP) is -0.697. The van der Waals surface area contributed by atoms with Crippen molar-refractivity contribution >= 4 is 5.69 Å². The molecule has 2 rings (SSSR count). The van der Waals surface area contributed by atoms with E-state index in [1.807, 2.05) is 0 Å². The van der Waals surface area contributed by atoms with E-state index in [0.717, 1.165) is 0 Å². The molecule has 0 aromatic heterocycles. The summed E-state index contributed by atoms with van der Waals surface area (Å²) in [5.41, 5.74) is 0.430. The van der Waals surface area contributed by atoms with Crippen LogP contribution in [0.4, 0.5) is 5.69 Å². The van der Waals surface area contributed by atoms with E-state index in [1.165, 1.54) is 0 Å². The van der Waals surface area contributed by atoms with Crippen molar-refractivity contribution in [2.24, 2.45) is 5.84 Å². The summed E-state index contributed by atoms with van der Waals surface area (Å²) in [6, 6.07) is 4.85. The van der Waals surface area contributed by atoms with Crippen molar-refractivity contribution < 1.29 is 14.6 Å². The third-order valence-corrected chi connectivity index (χ3v) is 1.66. The first-order valence-electron chi connectivity index (χ1n) is 3.47. The highest BCUT2D eigenvalue weighted by Gasteiger charge is 2.14. The van der Waals surface area contributed by atoms with E-state index >= 15 is 0 Å². The monoisotopic (exact) mass is 168 g/mol.